The minimum absolute atomic E-state index is 0.0388. The van der Waals surface area contributed by atoms with Gasteiger partial charge in [-0.3, -0.25) is 0 Å². The summed E-state index contributed by atoms with van der Waals surface area (Å²) < 4.78 is 34.2. The summed E-state index contributed by atoms with van der Waals surface area (Å²) >= 11 is 0. The first-order valence-electron chi connectivity index (χ1n) is 7.35. The van der Waals surface area contributed by atoms with Crippen molar-refractivity contribution in [2.24, 2.45) is 0 Å². The van der Waals surface area contributed by atoms with Gasteiger partial charge in [0, 0.05) is 0 Å². The highest BCUT2D eigenvalue weighted by Gasteiger charge is 2.16. The number of carbonyl (C=O) groups is 1. The predicted octanol–water partition coefficient (Wildman–Crippen LogP) is 2.92. The van der Waals surface area contributed by atoms with Gasteiger partial charge in [-0.1, -0.05) is 30.3 Å². The van der Waals surface area contributed by atoms with E-state index < -0.39 is 16.1 Å². The summed E-state index contributed by atoms with van der Waals surface area (Å²) in [5.41, 5.74) is 0.321. The lowest BCUT2D eigenvalue weighted by molar-refractivity contribution is -0.137. The molecule has 128 valence electrons. The molecule has 2 rings (SSSR count). The van der Waals surface area contributed by atoms with Gasteiger partial charge in [-0.15, -0.1) is 0 Å². The van der Waals surface area contributed by atoms with Crippen molar-refractivity contribution in [3.05, 3.63) is 65.7 Å². The molecule has 0 unspecified atom stereocenters. The van der Waals surface area contributed by atoms with E-state index >= 15 is 0 Å². The van der Waals surface area contributed by atoms with E-state index in [1.165, 1.54) is 42.5 Å². The van der Waals surface area contributed by atoms with Gasteiger partial charge in [0.25, 0.3) is 0 Å². The molecule has 0 saturated heterocycles. The molecule has 6 nitrogen and oxygen atoms in total. The SMILES string of the molecule is CCOC(=O)/C(C#N)=C/c1ccc(S(=O)(=O)Oc2ccccc2)cc1. The van der Waals surface area contributed by atoms with E-state index in [-0.39, 0.29) is 22.8 Å². The third-order valence-electron chi connectivity index (χ3n) is 3.04. The molecular weight excluding hydrogens is 342 g/mol. The van der Waals surface area contributed by atoms with Crippen LogP contribution in [0.25, 0.3) is 6.08 Å². The average molecular weight is 357 g/mol. The smallest absolute Gasteiger partial charge is 0.348 e. The Balaban J connectivity index is 2.22. The zero-order chi connectivity index (χ0) is 18.3. The maximum absolute atomic E-state index is 12.2. The molecule has 0 N–H and O–H groups in total. The largest absolute Gasteiger partial charge is 0.462 e. The predicted molar refractivity (Wildman–Crippen MR) is 90.9 cm³/mol. The molecule has 0 radical (unpaired) electrons. The second kappa shape index (κ2) is 8.13. The fourth-order valence-corrected chi connectivity index (χ4v) is 2.82. The molecule has 0 atom stereocenters. The molecule has 0 spiro atoms. The minimum atomic E-state index is -3.97. The Labute approximate surface area is 146 Å². The van der Waals surface area contributed by atoms with Gasteiger partial charge in [-0.2, -0.15) is 13.7 Å². The highest BCUT2D eigenvalue weighted by molar-refractivity contribution is 7.87. The summed E-state index contributed by atoms with van der Waals surface area (Å²) in [6, 6.07) is 15.5. The van der Waals surface area contributed by atoms with Crippen molar-refractivity contribution in [3.8, 4) is 11.8 Å². The lowest BCUT2D eigenvalue weighted by atomic mass is 10.1. The summed E-state index contributed by atoms with van der Waals surface area (Å²) in [6.07, 6.45) is 1.33. The fraction of sp³-hybridized carbons (Fsp3) is 0.111. The summed E-state index contributed by atoms with van der Waals surface area (Å²) in [7, 11) is -3.97. The van der Waals surface area contributed by atoms with Gasteiger partial charge in [-0.25, -0.2) is 4.79 Å². The van der Waals surface area contributed by atoms with Crippen molar-refractivity contribution in [2.75, 3.05) is 6.61 Å². The zero-order valence-corrected chi connectivity index (χ0v) is 14.2. The molecule has 0 saturated carbocycles. The molecular formula is C18H15NO5S. The van der Waals surface area contributed by atoms with Gasteiger partial charge < -0.3 is 8.92 Å². The number of ether oxygens (including phenoxy) is 1. The number of nitrogens with zero attached hydrogens (tertiary/aromatic N) is 1. The van der Waals surface area contributed by atoms with Crippen LogP contribution in [0, 0.1) is 11.3 Å². The van der Waals surface area contributed by atoms with Gasteiger partial charge in [-0.05, 0) is 42.8 Å². The maximum atomic E-state index is 12.2. The lowest BCUT2D eigenvalue weighted by Gasteiger charge is -2.07. The van der Waals surface area contributed by atoms with Gasteiger partial charge in [0.1, 0.15) is 22.3 Å². The van der Waals surface area contributed by atoms with E-state index in [4.69, 9.17) is 14.2 Å². The zero-order valence-electron chi connectivity index (χ0n) is 13.4. The highest BCUT2D eigenvalue weighted by Crippen LogP contribution is 2.19. The molecule has 0 aliphatic carbocycles. The first-order valence-corrected chi connectivity index (χ1v) is 8.75. The van der Waals surface area contributed by atoms with Crippen molar-refractivity contribution in [1.82, 2.24) is 0 Å². The van der Waals surface area contributed by atoms with Gasteiger partial charge in [0.2, 0.25) is 0 Å². The second-order valence-electron chi connectivity index (χ2n) is 4.81. The van der Waals surface area contributed by atoms with E-state index in [1.807, 2.05) is 0 Å². The van der Waals surface area contributed by atoms with Crippen LogP contribution in [0.3, 0.4) is 0 Å². The van der Waals surface area contributed by atoms with Crippen LogP contribution in [0.2, 0.25) is 0 Å². The number of hydrogen-bond donors (Lipinski definition) is 0. The molecule has 0 aliphatic heterocycles. The van der Waals surface area contributed by atoms with Crippen LogP contribution in [0.1, 0.15) is 12.5 Å². The van der Waals surface area contributed by atoms with E-state index in [0.717, 1.165) is 0 Å². The summed E-state index contributed by atoms with van der Waals surface area (Å²) in [5, 5.41) is 9.00. The lowest BCUT2D eigenvalue weighted by Crippen LogP contribution is -2.09. The Morgan fingerprint density at radius 2 is 1.76 bits per heavy atom. The Morgan fingerprint density at radius 1 is 1.12 bits per heavy atom. The number of nitriles is 1. The molecule has 7 heteroatoms. The Hall–Kier alpha value is -3.11. The summed E-state index contributed by atoms with van der Waals surface area (Å²) in [6.45, 7) is 1.80. The second-order valence-corrected chi connectivity index (χ2v) is 6.36. The third kappa shape index (κ3) is 4.93. The maximum Gasteiger partial charge on any atom is 0.348 e. The molecule has 25 heavy (non-hydrogen) atoms. The number of para-hydroxylation sites is 1. The van der Waals surface area contributed by atoms with Gasteiger partial charge >= 0.3 is 16.1 Å². The molecule has 0 aromatic heterocycles. The highest BCUT2D eigenvalue weighted by atomic mass is 32.2. The molecule has 0 bridgehead atoms. The average Bonchev–Trinajstić information content (AvgIpc) is 2.60. The number of benzene rings is 2. The van der Waals surface area contributed by atoms with Crippen molar-refractivity contribution in [2.45, 2.75) is 11.8 Å². The number of carbonyl (C=O) groups excluding carboxylic acids is 1. The number of hydrogen-bond acceptors (Lipinski definition) is 6. The topological polar surface area (TPSA) is 93.5 Å². The third-order valence-corrected chi connectivity index (χ3v) is 4.31. The van der Waals surface area contributed by atoms with Crippen LogP contribution in [-0.2, 0) is 19.6 Å². The van der Waals surface area contributed by atoms with Gasteiger partial charge in [0.05, 0.1) is 6.61 Å². The Morgan fingerprint density at radius 3 is 2.32 bits per heavy atom. The molecule has 0 heterocycles. The Kier molecular flexibility index (Phi) is 5.93. The van der Waals surface area contributed by atoms with Crippen LogP contribution < -0.4 is 4.18 Å². The molecule has 0 aliphatic rings. The van der Waals surface area contributed by atoms with Gasteiger partial charge in [0.15, 0.2) is 0 Å². The standard InChI is InChI=1S/C18H15NO5S/c1-2-23-18(20)15(13-19)12-14-8-10-17(11-9-14)25(21,22)24-16-6-4-3-5-7-16/h3-12H,2H2,1H3/b15-12+. The normalized spacial score (nSPS) is 11.4. The fourth-order valence-electron chi connectivity index (χ4n) is 1.89. The van der Waals surface area contributed by atoms with Crippen LogP contribution >= 0.6 is 0 Å². The van der Waals surface area contributed by atoms with Crippen molar-refractivity contribution in [1.29, 1.82) is 5.26 Å². The van der Waals surface area contributed by atoms with E-state index in [2.05, 4.69) is 0 Å². The first-order chi connectivity index (χ1) is 12.0. The summed E-state index contributed by atoms with van der Waals surface area (Å²) in [5.74, 6) is -0.519. The summed E-state index contributed by atoms with van der Waals surface area (Å²) in [4.78, 5) is 11.5. The van der Waals surface area contributed by atoms with E-state index in [0.29, 0.717) is 5.56 Å². The van der Waals surface area contributed by atoms with Crippen LogP contribution in [0.5, 0.6) is 5.75 Å². The van der Waals surface area contributed by atoms with Crippen molar-refractivity contribution in [3.63, 3.8) is 0 Å². The number of rotatable bonds is 6. The molecule has 2 aromatic rings. The molecule has 2 aromatic carbocycles. The molecule has 0 amide bonds. The monoisotopic (exact) mass is 357 g/mol. The van der Waals surface area contributed by atoms with Crippen LogP contribution in [0.4, 0.5) is 0 Å². The van der Waals surface area contributed by atoms with Crippen LogP contribution in [0.15, 0.2) is 65.1 Å². The van der Waals surface area contributed by atoms with Crippen molar-refractivity contribution >= 4 is 22.2 Å². The number of esters is 1. The van der Waals surface area contributed by atoms with E-state index in [9.17, 15) is 13.2 Å². The van der Waals surface area contributed by atoms with Crippen molar-refractivity contribution < 1.29 is 22.1 Å². The molecule has 0 fully saturated rings. The minimum Gasteiger partial charge on any atom is -0.462 e. The van der Waals surface area contributed by atoms with E-state index in [1.54, 1.807) is 31.2 Å². The quantitative estimate of drug-likeness (QED) is 0.341. The van der Waals surface area contributed by atoms with Crippen LogP contribution in [-0.4, -0.2) is 21.0 Å². The first kappa shape index (κ1) is 18.2. The Bertz CT molecular complexity index is 910.